The van der Waals surface area contributed by atoms with Crippen LogP contribution in [0.4, 0.5) is 0 Å². The molecule has 0 amide bonds. The summed E-state index contributed by atoms with van der Waals surface area (Å²) in [6.07, 6.45) is 6.95. The molecule has 1 atom stereocenters. The second kappa shape index (κ2) is 8.19. The van der Waals surface area contributed by atoms with E-state index in [4.69, 9.17) is 16.6 Å². The van der Waals surface area contributed by atoms with Crippen molar-refractivity contribution in [2.45, 2.75) is 58.4 Å². The van der Waals surface area contributed by atoms with Gasteiger partial charge in [0.15, 0.2) is 0 Å². The van der Waals surface area contributed by atoms with Gasteiger partial charge < -0.3 is 4.57 Å². The third-order valence-electron chi connectivity index (χ3n) is 3.92. The molecule has 1 unspecified atom stereocenters. The van der Waals surface area contributed by atoms with Gasteiger partial charge in [-0.2, -0.15) is 0 Å². The van der Waals surface area contributed by atoms with Gasteiger partial charge in [0.25, 0.3) is 0 Å². The van der Waals surface area contributed by atoms with E-state index in [1.807, 2.05) is 0 Å². The van der Waals surface area contributed by atoms with Crippen LogP contribution in [0.1, 0.15) is 57.8 Å². The molecular formula is C17H24BrClN2. The molecule has 1 aromatic carbocycles. The van der Waals surface area contributed by atoms with E-state index in [1.165, 1.54) is 37.6 Å². The number of hydrogen-bond donors (Lipinski definition) is 0. The van der Waals surface area contributed by atoms with Crippen LogP contribution in [0.5, 0.6) is 0 Å². The van der Waals surface area contributed by atoms with Gasteiger partial charge in [-0.15, -0.1) is 11.6 Å². The summed E-state index contributed by atoms with van der Waals surface area (Å²) >= 11 is 9.58. The Morgan fingerprint density at radius 1 is 1.24 bits per heavy atom. The number of aryl methyl sites for hydroxylation is 1. The maximum Gasteiger partial charge on any atom is 0.111 e. The lowest BCUT2D eigenvalue weighted by atomic mass is 10.0. The predicted molar refractivity (Wildman–Crippen MR) is 95.3 cm³/mol. The molecule has 0 saturated heterocycles. The van der Waals surface area contributed by atoms with Crippen LogP contribution < -0.4 is 0 Å². The lowest BCUT2D eigenvalue weighted by Gasteiger charge is -2.21. The van der Waals surface area contributed by atoms with Gasteiger partial charge in [0.05, 0.1) is 11.0 Å². The van der Waals surface area contributed by atoms with E-state index < -0.39 is 0 Å². The van der Waals surface area contributed by atoms with Gasteiger partial charge in [-0.05, 0) is 31.0 Å². The summed E-state index contributed by atoms with van der Waals surface area (Å²) in [5, 5.41) is 0. The van der Waals surface area contributed by atoms with Crippen molar-refractivity contribution in [3.05, 3.63) is 28.5 Å². The number of hydrogen-bond acceptors (Lipinski definition) is 1. The lowest BCUT2D eigenvalue weighted by Crippen LogP contribution is -2.13. The van der Waals surface area contributed by atoms with Crippen LogP contribution in [0.15, 0.2) is 22.7 Å². The van der Waals surface area contributed by atoms with E-state index in [-0.39, 0.29) is 0 Å². The van der Waals surface area contributed by atoms with Crippen molar-refractivity contribution in [2.75, 3.05) is 5.88 Å². The molecule has 1 heterocycles. The van der Waals surface area contributed by atoms with E-state index in [9.17, 15) is 0 Å². The van der Waals surface area contributed by atoms with Crippen LogP contribution in [0.25, 0.3) is 11.0 Å². The van der Waals surface area contributed by atoms with Crippen molar-refractivity contribution < 1.29 is 0 Å². The molecule has 0 N–H and O–H groups in total. The quantitative estimate of drug-likeness (QED) is 0.512. The van der Waals surface area contributed by atoms with Gasteiger partial charge >= 0.3 is 0 Å². The average molecular weight is 372 g/mol. The molecule has 2 aromatic rings. The first-order chi connectivity index (χ1) is 10.2. The summed E-state index contributed by atoms with van der Waals surface area (Å²) < 4.78 is 3.56. The molecule has 0 aliphatic rings. The molecular weight excluding hydrogens is 348 g/mol. The topological polar surface area (TPSA) is 17.8 Å². The molecule has 116 valence electrons. The lowest BCUT2D eigenvalue weighted by molar-refractivity contribution is 0.415. The molecule has 0 radical (unpaired) electrons. The second-order valence-corrected chi connectivity index (χ2v) is 6.85. The van der Waals surface area contributed by atoms with Crippen molar-refractivity contribution in [1.82, 2.24) is 9.55 Å². The number of benzene rings is 1. The van der Waals surface area contributed by atoms with Gasteiger partial charge in [0.2, 0.25) is 0 Å². The number of imidazole rings is 1. The molecule has 0 aliphatic carbocycles. The van der Waals surface area contributed by atoms with E-state index in [2.05, 4.69) is 52.5 Å². The highest BCUT2D eigenvalue weighted by Gasteiger charge is 2.18. The van der Waals surface area contributed by atoms with E-state index in [1.54, 1.807) is 0 Å². The SMILES string of the molecule is CCCCC(CCC)n1c(CCCl)nc2ccc(Br)cc21. The highest BCUT2D eigenvalue weighted by Crippen LogP contribution is 2.30. The zero-order chi connectivity index (χ0) is 15.2. The molecule has 0 aliphatic heterocycles. The van der Waals surface area contributed by atoms with E-state index in [0.717, 1.165) is 22.2 Å². The van der Waals surface area contributed by atoms with Crippen LogP contribution in [-0.2, 0) is 6.42 Å². The van der Waals surface area contributed by atoms with Crippen LogP contribution >= 0.6 is 27.5 Å². The van der Waals surface area contributed by atoms with Crippen molar-refractivity contribution in [3.63, 3.8) is 0 Å². The largest absolute Gasteiger partial charge is 0.325 e. The minimum absolute atomic E-state index is 0.535. The Hall–Kier alpha value is -0.540. The molecule has 2 rings (SSSR count). The fourth-order valence-corrected chi connectivity index (χ4v) is 3.48. The maximum absolute atomic E-state index is 5.99. The summed E-state index contributed by atoms with van der Waals surface area (Å²) in [6, 6.07) is 6.88. The first-order valence-corrected chi connectivity index (χ1v) is 9.26. The molecule has 0 saturated carbocycles. The molecule has 21 heavy (non-hydrogen) atoms. The summed E-state index contributed by atoms with van der Waals surface area (Å²) in [4.78, 5) is 4.81. The number of nitrogens with zero attached hydrogens (tertiary/aromatic N) is 2. The molecule has 1 aromatic heterocycles. The molecule has 4 heteroatoms. The smallest absolute Gasteiger partial charge is 0.111 e. The first-order valence-electron chi connectivity index (χ1n) is 7.93. The summed E-state index contributed by atoms with van der Waals surface area (Å²) in [7, 11) is 0. The Kier molecular flexibility index (Phi) is 6.56. The summed E-state index contributed by atoms with van der Waals surface area (Å²) in [5.41, 5.74) is 2.31. The van der Waals surface area contributed by atoms with Gasteiger partial charge in [-0.1, -0.05) is 49.0 Å². The highest BCUT2D eigenvalue weighted by molar-refractivity contribution is 9.10. The summed E-state index contributed by atoms with van der Waals surface area (Å²) in [5.74, 6) is 1.75. The Morgan fingerprint density at radius 3 is 2.71 bits per heavy atom. The molecule has 0 fully saturated rings. The van der Waals surface area contributed by atoms with Crippen molar-refractivity contribution in [3.8, 4) is 0 Å². The molecule has 2 nitrogen and oxygen atoms in total. The minimum atomic E-state index is 0.535. The first kappa shape index (κ1) is 16.8. The monoisotopic (exact) mass is 370 g/mol. The fraction of sp³-hybridized carbons (Fsp3) is 0.588. The van der Waals surface area contributed by atoms with E-state index >= 15 is 0 Å². The van der Waals surface area contributed by atoms with Crippen molar-refractivity contribution in [1.29, 1.82) is 0 Å². The van der Waals surface area contributed by atoms with Crippen molar-refractivity contribution >= 4 is 38.6 Å². The Labute approximate surface area is 141 Å². The predicted octanol–water partition coefficient (Wildman–Crippen LogP) is 6.11. The van der Waals surface area contributed by atoms with Crippen LogP contribution in [0.2, 0.25) is 0 Å². The number of rotatable bonds is 8. The van der Waals surface area contributed by atoms with Crippen LogP contribution in [0.3, 0.4) is 0 Å². The molecule has 0 spiro atoms. The minimum Gasteiger partial charge on any atom is -0.325 e. The standard InChI is InChI=1S/C17H24BrClN2/c1-3-5-7-14(6-4-2)21-16-12-13(18)8-9-15(16)20-17(21)10-11-19/h8-9,12,14H,3-7,10-11H2,1-2H3. The maximum atomic E-state index is 5.99. The normalized spacial score (nSPS) is 13.0. The number of halogens is 2. The Morgan fingerprint density at radius 2 is 2.05 bits per heavy atom. The Bertz CT molecular complexity index is 579. The third kappa shape index (κ3) is 4.01. The zero-order valence-corrected chi connectivity index (χ0v) is 15.3. The van der Waals surface area contributed by atoms with Gasteiger partial charge in [-0.25, -0.2) is 4.98 Å². The van der Waals surface area contributed by atoms with Crippen LogP contribution in [0, 0.1) is 0 Å². The highest BCUT2D eigenvalue weighted by atomic mass is 79.9. The second-order valence-electron chi connectivity index (χ2n) is 5.55. The van der Waals surface area contributed by atoms with Gasteiger partial charge in [0.1, 0.15) is 5.82 Å². The number of alkyl halides is 1. The van der Waals surface area contributed by atoms with E-state index in [0.29, 0.717) is 11.9 Å². The zero-order valence-electron chi connectivity index (χ0n) is 12.9. The number of fused-ring (bicyclic) bond motifs is 1. The van der Waals surface area contributed by atoms with Crippen LogP contribution in [-0.4, -0.2) is 15.4 Å². The molecule has 0 bridgehead atoms. The fourth-order valence-electron chi connectivity index (χ4n) is 2.96. The van der Waals surface area contributed by atoms with Crippen molar-refractivity contribution in [2.24, 2.45) is 0 Å². The average Bonchev–Trinajstić information content (AvgIpc) is 2.81. The van der Waals surface area contributed by atoms with Gasteiger partial charge in [0, 0.05) is 22.8 Å². The van der Waals surface area contributed by atoms with Gasteiger partial charge in [-0.3, -0.25) is 0 Å². The third-order valence-corrected chi connectivity index (χ3v) is 4.60. The number of unbranched alkanes of at least 4 members (excludes halogenated alkanes) is 1. The number of aromatic nitrogens is 2. The summed E-state index contributed by atoms with van der Waals surface area (Å²) in [6.45, 7) is 4.51. The Balaban J connectivity index is 2.49.